The van der Waals surface area contributed by atoms with Crippen LogP contribution in [0.5, 0.6) is 0 Å². The zero-order valence-electron chi connectivity index (χ0n) is 18.9. The van der Waals surface area contributed by atoms with E-state index >= 15 is 0 Å². The molecular formula is C28H28N2O3. The number of carboxylic acids is 1. The number of ketones is 1. The molecule has 1 saturated heterocycles. The number of carbonyl (C=O) groups is 2. The molecule has 5 rings (SSSR count). The number of H-pyrrole nitrogens is 1. The first-order valence-electron chi connectivity index (χ1n) is 11.6. The Balaban J connectivity index is 1.55. The first-order chi connectivity index (χ1) is 15.9. The normalized spacial score (nSPS) is 23.3. The van der Waals surface area contributed by atoms with Crippen molar-refractivity contribution in [2.75, 3.05) is 6.54 Å². The number of Topliss-reactive ketones (excluding diaryl/α,β-unsaturated/α-hetero) is 1. The Morgan fingerprint density at radius 1 is 1.27 bits per heavy atom. The molecule has 168 valence electrons. The van der Waals surface area contributed by atoms with Gasteiger partial charge in [-0.3, -0.25) is 9.69 Å². The molecule has 2 atom stereocenters. The van der Waals surface area contributed by atoms with Crippen molar-refractivity contribution in [2.45, 2.75) is 51.6 Å². The highest BCUT2D eigenvalue weighted by Gasteiger charge is 2.47. The highest BCUT2D eigenvalue weighted by Crippen LogP contribution is 2.50. The van der Waals surface area contributed by atoms with Crippen molar-refractivity contribution >= 4 is 22.7 Å². The van der Waals surface area contributed by atoms with Gasteiger partial charge in [0.2, 0.25) is 0 Å². The van der Waals surface area contributed by atoms with Gasteiger partial charge in [0, 0.05) is 53.6 Å². The molecule has 0 bridgehead atoms. The number of fused-ring (bicyclic) bond motifs is 1. The Bertz CT molecular complexity index is 1280. The van der Waals surface area contributed by atoms with Crippen LogP contribution < -0.4 is 0 Å². The molecule has 1 unspecified atom stereocenters. The van der Waals surface area contributed by atoms with E-state index in [1.54, 1.807) is 12.1 Å². The molecule has 2 aliphatic rings. The maximum atomic E-state index is 12.9. The number of terminal acetylenes is 1. The maximum absolute atomic E-state index is 12.9. The standard InChI is InChI=1S/C28H28N2O3/c1-3-19-15-18(2)26-22(10-13-29-26)23(19)17-30-14-12-28(11-4-5-25(28)31)16-24(30)20-6-8-21(9-7-20)27(32)33/h1,6-10,13,15,24,29H,4-5,11-12,14,16-17H2,2H3,(H,32,33)/t24-,28?/m0/s1. The first kappa shape index (κ1) is 21.5. The third kappa shape index (κ3) is 3.65. The van der Waals surface area contributed by atoms with E-state index in [0.29, 0.717) is 18.7 Å². The Labute approximate surface area is 193 Å². The average Bonchev–Trinajstić information content (AvgIpc) is 3.44. The molecule has 5 heteroatoms. The van der Waals surface area contributed by atoms with Crippen molar-refractivity contribution in [3.63, 3.8) is 0 Å². The van der Waals surface area contributed by atoms with Gasteiger partial charge in [-0.15, -0.1) is 6.42 Å². The van der Waals surface area contributed by atoms with Gasteiger partial charge in [0.05, 0.1) is 5.56 Å². The Morgan fingerprint density at radius 2 is 2.06 bits per heavy atom. The van der Waals surface area contributed by atoms with Gasteiger partial charge in [-0.1, -0.05) is 18.1 Å². The predicted molar refractivity (Wildman–Crippen MR) is 128 cm³/mol. The van der Waals surface area contributed by atoms with E-state index in [2.05, 4.69) is 34.9 Å². The van der Waals surface area contributed by atoms with E-state index < -0.39 is 5.97 Å². The van der Waals surface area contributed by atoms with Crippen LogP contribution in [-0.4, -0.2) is 33.3 Å². The van der Waals surface area contributed by atoms with E-state index in [0.717, 1.165) is 65.4 Å². The van der Waals surface area contributed by atoms with Gasteiger partial charge in [0.25, 0.3) is 0 Å². The van der Waals surface area contributed by atoms with E-state index in [1.165, 1.54) is 0 Å². The second kappa shape index (κ2) is 8.20. The number of carboxylic acid groups (broad SMARTS) is 1. The molecule has 5 nitrogen and oxygen atoms in total. The zero-order chi connectivity index (χ0) is 23.2. The zero-order valence-corrected chi connectivity index (χ0v) is 18.9. The highest BCUT2D eigenvalue weighted by molar-refractivity contribution is 5.89. The Morgan fingerprint density at radius 3 is 2.73 bits per heavy atom. The minimum Gasteiger partial charge on any atom is -0.478 e. The molecule has 1 aromatic heterocycles. The van der Waals surface area contributed by atoms with E-state index in [-0.39, 0.29) is 17.0 Å². The molecule has 2 aromatic carbocycles. The Kier molecular flexibility index (Phi) is 5.34. The van der Waals surface area contributed by atoms with Gasteiger partial charge >= 0.3 is 5.97 Å². The minimum atomic E-state index is -0.933. The van der Waals surface area contributed by atoms with Crippen LogP contribution >= 0.6 is 0 Å². The van der Waals surface area contributed by atoms with Gasteiger partial charge in [-0.2, -0.15) is 0 Å². The fourth-order valence-electron chi connectivity index (χ4n) is 5.92. The second-order valence-corrected chi connectivity index (χ2v) is 9.55. The van der Waals surface area contributed by atoms with Crippen LogP contribution in [0.4, 0.5) is 0 Å². The number of piperidine rings is 1. The van der Waals surface area contributed by atoms with Crippen LogP contribution in [0.15, 0.2) is 42.6 Å². The van der Waals surface area contributed by atoms with Gasteiger partial charge in [-0.05, 0) is 73.6 Å². The third-order valence-corrected chi connectivity index (χ3v) is 7.76. The number of aromatic amines is 1. The van der Waals surface area contributed by atoms with Gasteiger partial charge in [0.15, 0.2) is 0 Å². The number of aromatic nitrogens is 1. The molecule has 3 aromatic rings. The van der Waals surface area contributed by atoms with E-state index in [1.807, 2.05) is 18.3 Å². The number of nitrogens with one attached hydrogen (secondary N) is 1. The molecule has 2 N–H and O–H groups in total. The molecule has 0 amide bonds. The number of likely N-dealkylation sites (tertiary alicyclic amines) is 1. The predicted octanol–water partition coefficient (Wildman–Crippen LogP) is 5.23. The molecule has 0 radical (unpaired) electrons. The van der Waals surface area contributed by atoms with Crippen LogP contribution in [0.25, 0.3) is 10.9 Å². The SMILES string of the molecule is C#Cc1cc(C)c2[nH]ccc2c1CN1CCC2(CCCC2=O)C[C@H]1c1ccc(C(=O)O)cc1. The summed E-state index contributed by atoms with van der Waals surface area (Å²) in [5, 5.41) is 10.5. The summed E-state index contributed by atoms with van der Waals surface area (Å²) in [5.74, 6) is 2.34. The summed E-state index contributed by atoms with van der Waals surface area (Å²) in [6.45, 7) is 3.55. The van der Waals surface area contributed by atoms with Crippen molar-refractivity contribution in [1.29, 1.82) is 0 Å². The number of nitrogens with zero attached hydrogens (tertiary/aromatic N) is 1. The third-order valence-electron chi connectivity index (χ3n) is 7.76. The summed E-state index contributed by atoms with van der Waals surface area (Å²) in [7, 11) is 0. The van der Waals surface area contributed by atoms with Gasteiger partial charge in [0.1, 0.15) is 5.78 Å². The van der Waals surface area contributed by atoms with Crippen molar-refractivity contribution in [2.24, 2.45) is 5.41 Å². The topological polar surface area (TPSA) is 73.4 Å². The van der Waals surface area contributed by atoms with Crippen molar-refractivity contribution in [1.82, 2.24) is 9.88 Å². The van der Waals surface area contributed by atoms with Crippen LogP contribution in [0.3, 0.4) is 0 Å². The average molecular weight is 441 g/mol. The molecule has 2 heterocycles. The van der Waals surface area contributed by atoms with Crippen LogP contribution in [0.2, 0.25) is 0 Å². The molecule has 2 fully saturated rings. The molecule has 33 heavy (non-hydrogen) atoms. The highest BCUT2D eigenvalue weighted by atomic mass is 16.4. The number of hydrogen-bond donors (Lipinski definition) is 2. The Hall–Kier alpha value is -3.36. The van der Waals surface area contributed by atoms with Crippen LogP contribution in [-0.2, 0) is 11.3 Å². The van der Waals surface area contributed by atoms with Gasteiger partial charge < -0.3 is 10.1 Å². The van der Waals surface area contributed by atoms with Crippen LogP contribution in [0, 0.1) is 24.7 Å². The lowest BCUT2D eigenvalue weighted by molar-refractivity contribution is -0.129. The summed E-state index contributed by atoms with van der Waals surface area (Å²) in [5.41, 5.74) is 5.33. The molecule has 1 aliphatic carbocycles. The maximum Gasteiger partial charge on any atom is 0.335 e. The summed E-state index contributed by atoms with van der Waals surface area (Å²) < 4.78 is 0. The van der Waals surface area contributed by atoms with Crippen LogP contribution in [0.1, 0.15) is 70.8 Å². The monoisotopic (exact) mass is 440 g/mol. The fraction of sp³-hybridized carbons (Fsp3) is 0.357. The smallest absolute Gasteiger partial charge is 0.335 e. The summed E-state index contributed by atoms with van der Waals surface area (Å²) in [6, 6.07) is 11.3. The first-order valence-corrected chi connectivity index (χ1v) is 11.6. The van der Waals surface area contributed by atoms with Gasteiger partial charge in [-0.25, -0.2) is 4.79 Å². The lowest BCUT2D eigenvalue weighted by atomic mass is 9.71. The van der Waals surface area contributed by atoms with Crippen molar-refractivity contribution in [3.8, 4) is 12.3 Å². The number of benzene rings is 2. The molecule has 1 aliphatic heterocycles. The van der Waals surface area contributed by atoms with E-state index in [4.69, 9.17) is 6.42 Å². The summed E-state index contributed by atoms with van der Waals surface area (Å²) in [4.78, 5) is 30.0. The second-order valence-electron chi connectivity index (χ2n) is 9.55. The lowest BCUT2D eigenvalue weighted by Crippen LogP contribution is -2.44. The number of aromatic carboxylic acids is 1. The van der Waals surface area contributed by atoms with E-state index in [9.17, 15) is 14.7 Å². The number of hydrogen-bond acceptors (Lipinski definition) is 3. The summed E-state index contributed by atoms with van der Waals surface area (Å²) >= 11 is 0. The number of rotatable bonds is 4. The number of aryl methyl sites for hydroxylation is 1. The molecular weight excluding hydrogens is 412 g/mol. The summed E-state index contributed by atoms with van der Waals surface area (Å²) in [6.07, 6.45) is 12.1. The molecule has 1 spiro atoms. The molecule has 1 saturated carbocycles. The largest absolute Gasteiger partial charge is 0.478 e. The minimum absolute atomic E-state index is 0.0320. The fourth-order valence-corrected chi connectivity index (χ4v) is 5.92. The lowest BCUT2D eigenvalue weighted by Gasteiger charge is -2.45. The van der Waals surface area contributed by atoms with Crippen molar-refractivity contribution < 1.29 is 14.7 Å². The van der Waals surface area contributed by atoms with Crippen molar-refractivity contribution in [3.05, 3.63) is 70.4 Å². The number of carbonyl (C=O) groups excluding carboxylic acids is 1. The quantitative estimate of drug-likeness (QED) is 0.545.